The molecule has 0 aliphatic heterocycles. The molecule has 0 saturated carbocycles. The largest absolute Gasteiger partial charge is 0.388 e. The van der Waals surface area contributed by atoms with Crippen molar-refractivity contribution in [3.05, 3.63) is 47.7 Å². The third kappa shape index (κ3) is 7.14. The minimum atomic E-state index is -0.342. The smallest absolute Gasteiger partial charge is 0.263 e. The second-order valence-electron chi connectivity index (χ2n) is 4.92. The van der Waals surface area contributed by atoms with E-state index in [4.69, 9.17) is 5.26 Å². The molecule has 0 aliphatic rings. The molecule has 0 spiro atoms. The van der Waals surface area contributed by atoms with Gasteiger partial charge in [0.2, 0.25) is 0 Å². The van der Waals surface area contributed by atoms with Gasteiger partial charge in [-0.05, 0) is 26.1 Å². The van der Waals surface area contributed by atoms with E-state index in [0.29, 0.717) is 13.1 Å². The van der Waals surface area contributed by atoms with Crippen LogP contribution in [0.4, 0.5) is 0 Å². The van der Waals surface area contributed by atoms with Gasteiger partial charge < -0.3 is 15.5 Å². The first-order valence-electron chi connectivity index (χ1n) is 6.94. The average Bonchev–Trinajstić information content (AvgIpc) is 2.48. The molecule has 0 unspecified atom stereocenters. The van der Waals surface area contributed by atoms with Gasteiger partial charge in [-0.2, -0.15) is 5.26 Å². The second-order valence-corrected chi connectivity index (χ2v) is 4.92. The maximum absolute atomic E-state index is 11.8. The van der Waals surface area contributed by atoms with Crippen LogP contribution in [0.1, 0.15) is 5.56 Å². The predicted octanol–water partition coefficient (Wildman–Crippen LogP) is 0.904. The molecule has 2 N–H and O–H groups in total. The van der Waals surface area contributed by atoms with Crippen LogP contribution in [-0.2, 0) is 11.2 Å². The van der Waals surface area contributed by atoms with Gasteiger partial charge in [0.1, 0.15) is 11.6 Å². The Bertz CT molecular complexity index is 503. The molecule has 5 nitrogen and oxygen atoms in total. The zero-order valence-corrected chi connectivity index (χ0v) is 12.6. The van der Waals surface area contributed by atoms with Crippen molar-refractivity contribution < 1.29 is 4.79 Å². The Kier molecular flexibility index (Phi) is 7.62. The first-order chi connectivity index (χ1) is 10.1. The summed E-state index contributed by atoms with van der Waals surface area (Å²) in [6, 6.07) is 11.8. The fraction of sp³-hybridized carbons (Fsp3) is 0.375. The molecule has 0 saturated heterocycles. The van der Waals surface area contributed by atoms with E-state index >= 15 is 0 Å². The van der Waals surface area contributed by atoms with Crippen LogP contribution >= 0.6 is 0 Å². The molecule has 0 radical (unpaired) electrons. The zero-order chi connectivity index (χ0) is 15.5. The molecule has 0 heterocycles. The summed E-state index contributed by atoms with van der Waals surface area (Å²) in [5, 5.41) is 14.7. The standard InChI is InChI=1S/C16H22N4O/c1-20(2)11-10-18-13-15(12-17)16(21)19-9-8-14-6-4-3-5-7-14/h3-7,13,18H,8-11H2,1-2H3,(H,19,21)/b15-13-. The van der Waals surface area contributed by atoms with Crippen LogP contribution in [0.5, 0.6) is 0 Å². The number of benzene rings is 1. The third-order valence-electron chi connectivity index (χ3n) is 2.86. The van der Waals surface area contributed by atoms with Crippen molar-refractivity contribution in [1.29, 1.82) is 5.26 Å². The number of nitriles is 1. The van der Waals surface area contributed by atoms with Gasteiger partial charge in [0.05, 0.1) is 0 Å². The maximum Gasteiger partial charge on any atom is 0.263 e. The van der Waals surface area contributed by atoms with E-state index in [1.165, 1.54) is 6.20 Å². The number of hydrogen-bond donors (Lipinski definition) is 2. The number of carbonyl (C=O) groups excluding carboxylic acids is 1. The topological polar surface area (TPSA) is 68.2 Å². The minimum absolute atomic E-state index is 0.0989. The Morgan fingerprint density at radius 1 is 1.29 bits per heavy atom. The molecule has 0 bridgehead atoms. The molecule has 5 heteroatoms. The Balaban J connectivity index is 2.34. The van der Waals surface area contributed by atoms with Gasteiger partial charge in [-0.1, -0.05) is 30.3 Å². The van der Waals surface area contributed by atoms with Crippen molar-refractivity contribution in [1.82, 2.24) is 15.5 Å². The highest BCUT2D eigenvalue weighted by molar-refractivity contribution is 5.97. The first-order valence-corrected chi connectivity index (χ1v) is 6.94. The van der Waals surface area contributed by atoms with Crippen molar-refractivity contribution in [2.24, 2.45) is 0 Å². The SMILES string of the molecule is CN(C)CCN/C=C(/C#N)C(=O)NCCc1ccccc1. The van der Waals surface area contributed by atoms with Crippen LogP contribution in [-0.4, -0.2) is 44.5 Å². The lowest BCUT2D eigenvalue weighted by Crippen LogP contribution is -2.29. The summed E-state index contributed by atoms with van der Waals surface area (Å²) in [6.45, 7) is 2.04. The predicted molar refractivity (Wildman–Crippen MR) is 83.4 cm³/mol. The average molecular weight is 286 g/mol. The Morgan fingerprint density at radius 2 is 2.00 bits per heavy atom. The maximum atomic E-state index is 11.8. The number of rotatable bonds is 8. The van der Waals surface area contributed by atoms with E-state index in [9.17, 15) is 4.79 Å². The van der Waals surface area contributed by atoms with E-state index in [1.54, 1.807) is 0 Å². The fourth-order valence-electron chi connectivity index (χ4n) is 1.67. The molecule has 1 rings (SSSR count). The molecule has 112 valence electrons. The lowest BCUT2D eigenvalue weighted by molar-refractivity contribution is -0.117. The molecular formula is C16H22N4O. The molecule has 0 atom stereocenters. The van der Waals surface area contributed by atoms with Crippen LogP contribution in [0.15, 0.2) is 42.1 Å². The Labute approximate surface area is 126 Å². The highest BCUT2D eigenvalue weighted by Crippen LogP contribution is 1.98. The highest BCUT2D eigenvalue weighted by Gasteiger charge is 2.07. The van der Waals surface area contributed by atoms with Crippen molar-refractivity contribution in [3.63, 3.8) is 0 Å². The molecule has 0 fully saturated rings. The van der Waals surface area contributed by atoms with Crippen molar-refractivity contribution in [2.45, 2.75) is 6.42 Å². The number of nitrogens with zero attached hydrogens (tertiary/aromatic N) is 2. The molecule has 0 aromatic heterocycles. The van der Waals surface area contributed by atoms with E-state index in [2.05, 4.69) is 10.6 Å². The van der Waals surface area contributed by atoms with Crippen molar-refractivity contribution in [3.8, 4) is 6.07 Å². The zero-order valence-electron chi connectivity index (χ0n) is 12.6. The van der Waals surface area contributed by atoms with E-state index in [-0.39, 0.29) is 11.5 Å². The van der Waals surface area contributed by atoms with Crippen LogP contribution in [0.25, 0.3) is 0 Å². The molecule has 1 aromatic rings. The number of likely N-dealkylation sites (N-methyl/N-ethyl adjacent to an activating group) is 1. The van der Waals surface area contributed by atoms with E-state index in [1.807, 2.05) is 55.4 Å². The lowest BCUT2D eigenvalue weighted by atomic mass is 10.1. The number of carbonyl (C=O) groups is 1. The van der Waals surface area contributed by atoms with Gasteiger partial charge in [0.25, 0.3) is 5.91 Å². The summed E-state index contributed by atoms with van der Waals surface area (Å²) in [5.41, 5.74) is 1.26. The van der Waals surface area contributed by atoms with Crippen LogP contribution in [0.3, 0.4) is 0 Å². The van der Waals surface area contributed by atoms with Gasteiger partial charge in [-0.15, -0.1) is 0 Å². The Hall–Kier alpha value is -2.32. The fourth-order valence-corrected chi connectivity index (χ4v) is 1.67. The second kappa shape index (κ2) is 9.56. The molecule has 1 amide bonds. The Morgan fingerprint density at radius 3 is 2.62 bits per heavy atom. The van der Waals surface area contributed by atoms with Gasteiger partial charge >= 0.3 is 0 Å². The molecule has 1 aromatic carbocycles. The van der Waals surface area contributed by atoms with Crippen LogP contribution < -0.4 is 10.6 Å². The van der Waals surface area contributed by atoms with E-state index < -0.39 is 0 Å². The highest BCUT2D eigenvalue weighted by atomic mass is 16.1. The number of hydrogen-bond acceptors (Lipinski definition) is 4. The minimum Gasteiger partial charge on any atom is -0.388 e. The molecular weight excluding hydrogens is 264 g/mol. The summed E-state index contributed by atoms with van der Waals surface area (Å²) >= 11 is 0. The number of amides is 1. The summed E-state index contributed by atoms with van der Waals surface area (Å²) in [5.74, 6) is -0.342. The first kappa shape index (κ1) is 16.7. The van der Waals surface area contributed by atoms with Gasteiger partial charge in [0.15, 0.2) is 0 Å². The van der Waals surface area contributed by atoms with Gasteiger partial charge in [-0.3, -0.25) is 4.79 Å². The quantitative estimate of drug-likeness (QED) is 0.423. The normalized spacial score (nSPS) is 11.0. The van der Waals surface area contributed by atoms with E-state index in [0.717, 1.165) is 18.5 Å². The van der Waals surface area contributed by atoms with Crippen LogP contribution in [0.2, 0.25) is 0 Å². The lowest BCUT2D eigenvalue weighted by Gasteiger charge is -2.09. The monoisotopic (exact) mass is 286 g/mol. The summed E-state index contributed by atoms with van der Waals surface area (Å²) in [6.07, 6.45) is 2.22. The molecule has 21 heavy (non-hydrogen) atoms. The van der Waals surface area contributed by atoms with Gasteiger partial charge in [-0.25, -0.2) is 0 Å². The summed E-state index contributed by atoms with van der Waals surface area (Å²) < 4.78 is 0. The third-order valence-corrected chi connectivity index (χ3v) is 2.86. The van der Waals surface area contributed by atoms with Crippen LogP contribution in [0, 0.1) is 11.3 Å². The number of nitrogens with one attached hydrogen (secondary N) is 2. The summed E-state index contributed by atoms with van der Waals surface area (Å²) in [7, 11) is 3.93. The van der Waals surface area contributed by atoms with Crippen molar-refractivity contribution >= 4 is 5.91 Å². The van der Waals surface area contributed by atoms with Gasteiger partial charge in [0, 0.05) is 25.8 Å². The van der Waals surface area contributed by atoms with Crippen molar-refractivity contribution in [2.75, 3.05) is 33.7 Å². The summed E-state index contributed by atoms with van der Waals surface area (Å²) in [4.78, 5) is 13.9. The molecule has 0 aliphatic carbocycles.